The molecule has 1 aromatic rings. The third kappa shape index (κ3) is 3.75. The predicted octanol–water partition coefficient (Wildman–Crippen LogP) is -1.47. The van der Waals surface area contributed by atoms with Crippen LogP contribution in [0, 0.1) is 0 Å². The van der Waals surface area contributed by atoms with Crippen LogP contribution in [-0.4, -0.2) is 0 Å². The summed E-state index contributed by atoms with van der Waals surface area (Å²) in [7, 11) is 0. The topological polar surface area (TPSA) is 23.1 Å². The molecule has 0 atom stereocenters. The second-order valence-corrected chi connectivity index (χ2v) is 2.37. The summed E-state index contributed by atoms with van der Waals surface area (Å²) in [5.41, 5.74) is 0. The van der Waals surface area contributed by atoms with E-state index in [1.54, 1.807) is 12.1 Å². The van der Waals surface area contributed by atoms with Gasteiger partial charge in [-0.25, -0.2) is 0 Å². The summed E-state index contributed by atoms with van der Waals surface area (Å²) < 4.78 is 0.942. The van der Waals surface area contributed by atoms with Crippen molar-refractivity contribution in [3.05, 3.63) is 28.7 Å². The standard InChI is InChI=1S/C6H5BrO.K/c7-5-1-3-6(8)4-2-5;/h1-4,8H;/q;+1/p-1. The molecule has 0 N–H and O–H groups in total. The van der Waals surface area contributed by atoms with E-state index in [-0.39, 0.29) is 57.1 Å². The zero-order valence-corrected chi connectivity index (χ0v) is 9.80. The fraction of sp³-hybridized carbons (Fsp3) is 0. The number of hydrogen-bond donors (Lipinski definition) is 0. The molecular weight excluding hydrogens is 207 g/mol. The first kappa shape index (κ1) is 10.1. The van der Waals surface area contributed by atoms with Gasteiger partial charge in [0.25, 0.3) is 0 Å². The van der Waals surface area contributed by atoms with Crippen molar-refractivity contribution in [3.63, 3.8) is 0 Å². The van der Waals surface area contributed by atoms with Crippen LogP contribution in [0.5, 0.6) is 5.75 Å². The van der Waals surface area contributed by atoms with E-state index in [9.17, 15) is 5.11 Å². The Morgan fingerprint density at radius 1 is 1.11 bits per heavy atom. The Morgan fingerprint density at radius 3 is 1.89 bits per heavy atom. The summed E-state index contributed by atoms with van der Waals surface area (Å²) in [5.74, 6) is 0.0493. The van der Waals surface area contributed by atoms with E-state index < -0.39 is 0 Å². The molecule has 3 heteroatoms. The Morgan fingerprint density at radius 2 is 1.56 bits per heavy atom. The van der Waals surface area contributed by atoms with Crippen molar-refractivity contribution in [1.82, 2.24) is 0 Å². The first-order valence-electron chi connectivity index (χ1n) is 2.21. The van der Waals surface area contributed by atoms with Crippen LogP contribution in [0.15, 0.2) is 28.7 Å². The smallest absolute Gasteiger partial charge is 0.872 e. The van der Waals surface area contributed by atoms with Crippen molar-refractivity contribution < 1.29 is 56.5 Å². The van der Waals surface area contributed by atoms with Crippen molar-refractivity contribution in [3.8, 4) is 5.75 Å². The van der Waals surface area contributed by atoms with Crippen LogP contribution >= 0.6 is 15.9 Å². The van der Waals surface area contributed by atoms with Crippen LogP contribution in [0.4, 0.5) is 0 Å². The van der Waals surface area contributed by atoms with Gasteiger partial charge in [0, 0.05) is 4.47 Å². The molecule has 0 bridgehead atoms. The number of halogens is 1. The minimum atomic E-state index is 0. The molecule has 1 rings (SSSR count). The zero-order chi connectivity index (χ0) is 5.98. The first-order valence-corrected chi connectivity index (χ1v) is 3.01. The molecule has 0 saturated carbocycles. The van der Waals surface area contributed by atoms with Gasteiger partial charge in [-0.1, -0.05) is 28.1 Å². The van der Waals surface area contributed by atoms with Gasteiger partial charge in [-0.3, -0.25) is 0 Å². The van der Waals surface area contributed by atoms with Crippen molar-refractivity contribution in [2.75, 3.05) is 0 Å². The molecule has 0 aliphatic heterocycles. The van der Waals surface area contributed by atoms with Crippen LogP contribution in [0.1, 0.15) is 0 Å². The molecule has 1 nitrogen and oxygen atoms in total. The van der Waals surface area contributed by atoms with Crippen LogP contribution in [-0.2, 0) is 0 Å². The van der Waals surface area contributed by atoms with Gasteiger partial charge in [0.15, 0.2) is 0 Å². The van der Waals surface area contributed by atoms with Gasteiger partial charge in [-0.15, -0.1) is 5.75 Å². The monoisotopic (exact) mass is 210 g/mol. The van der Waals surface area contributed by atoms with E-state index in [2.05, 4.69) is 15.9 Å². The summed E-state index contributed by atoms with van der Waals surface area (Å²) in [6.07, 6.45) is 0. The molecule has 0 saturated heterocycles. The number of benzene rings is 1. The molecule has 0 heterocycles. The van der Waals surface area contributed by atoms with E-state index in [0.717, 1.165) is 4.47 Å². The first-order chi connectivity index (χ1) is 3.79. The van der Waals surface area contributed by atoms with Gasteiger partial charge < -0.3 is 5.11 Å². The third-order valence-electron chi connectivity index (χ3n) is 0.814. The quantitative estimate of drug-likeness (QED) is 0.480. The molecular formula is C6H4BrKO. The Bertz CT molecular complexity index is 152. The molecule has 0 spiro atoms. The molecule has 0 aliphatic rings. The summed E-state index contributed by atoms with van der Waals surface area (Å²) in [5, 5.41) is 10.4. The van der Waals surface area contributed by atoms with Crippen molar-refractivity contribution in [1.29, 1.82) is 0 Å². The van der Waals surface area contributed by atoms with E-state index in [0.29, 0.717) is 0 Å². The fourth-order valence-electron chi connectivity index (χ4n) is 0.435. The summed E-state index contributed by atoms with van der Waals surface area (Å²) in [6.45, 7) is 0. The zero-order valence-electron chi connectivity index (χ0n) is 5.10. The van der Waals surface area contributed by atoms with Gasteiger partial charge in [0.2, 0.25) is 0 Å². The SMILES string of the molecule is [K+].[O-]c1ccc(Br)cc1. The minimum absolute atomic E-state index is 0. The molecule has 9 heavy (non-hydrogen) atoms. The Balaban J connectivity index is 0.000000640. The molecule has 42 valence electrons. The van der Waals surface area contributed by atoms with Gasteiger partial charge in [0.05, 0.1) is 0 Å². The Hall–Kier alpha value is 1.14. The largest absolute Gasteiger partial charge is 1.00 e. The average molecular weight is 211 g/mol. The average Bonchev–Trinajstić information content (AvgIpc) is 1.77. The van der Waals surface area contributed by atoms with Crippen LogP contribution < -0.4 is 56.5 Å². The molecule has 1 aromatic carbocycles. The Labute approximate surface area is 105 Å². The molecule has 0 aliphatic carbocycles. The van der Waals surface area contributed by atoms with Crippen molar-refractivity contribution >= 4 is 15.9 Å². The van der Waals surface area contributed by atoms with E-state index in [1.807, 2.05) is 0 Å². The van der Waals surface area contributed by atoms with E-state index >= 15 is 0 Å². The molecule has 0 aromatic heterocycles. The summed E-state index contributed by atoms with van der Waals surface area (Å²) in [6, 6.07) is 6.48. The van der Waals surface area contributed by atoms with Crippen molar-refractivity contribution in [2.24, 2.45) is 0 Å². The van der Waals surface area contributed by atoms with E-state index in [4.69, 9.17) is 0 Å². The van der Waals surface area contributed by atoms with Gasteiger partial charge in [0.1, 0.15) is 0 Å². The normalized spacial score (nSPS) is 8.11. The second kappa shape index (κ2) is 4.88. The van der Waals surface area contributed by atoms with Crippen LogP contribution in [0.2, 0.25) is 0 Å². The second-order valence-electron chi connectivity index (χ2n) is 1.45. The molecule has 0 radical (unpaired) electrons. The maximum Gasteiger partial charge on any atom is 1.00 e. The fourth-order valence-corrected chi connectivity index (χ4v) is 0.699. The maximum atomic E-state index is 10.4. The summed E-state index contributed by atoms with van der Waals surface area (Å²) in [4.78, 5) is 0. The van der Waals surface area contributed by atoms with Gasteiger partial charge >= 0.3 is 51.4 Å². The maximum absolute atomic E-state index is 10.4. The van der Waals surface area contributed by atoms with Gasteiger partial charge in [-0.05, 0) is 12.1 Å². The van der Waals surface area contributed by atoms with E-state index in [1.165, 1.54) is 12.1 Å². The third-order valence-corrected chi connectivity index (χ3v) is 1.34. The van der Waals surface area contributed by atoms with Gasteiger partial charge in [-0.2, -0.15) is 0 Å². The van der Waals surface area contributed by atoms with Crippen molar-refractivity contribution in [2.45, 2.75) is 0 Å². The van der Waals surface area contributed by atoms with Crippen LogP contribution in [0.25, 0.3) is 0 Å². The minimum Gasteiger partial charge on any atom is -0.872 e. The summed E-state index contributed by atoms with van der Waals surface area (Å²) >= 11 is 3.21. The predicted molar refractivity (Wildman–Crippen MR) is 33.6 cm³/mol. The molecule has 0 fully saturated rings. The molecule has 0 amide bonds. The number of rotatable bonds is 0. The molecule has 0 unspecified atom stereocenters. The number of hydrogen-bond acceptors (Lipinski definition) is 1. The Kier molecular flexibility index (Phi) is 5.49. The van der Waals surface area contributed by atoms with Crippen LogP contribution in [0.3, 0.4) is 0 Å².